The molecule has 0 aliphatic rings. The van der Waals surface area contributed by atoms with Gasteiger partial charge in [0.25, 0.3) is 0 Å². The molecule has 0 saturated carbocycles. The third-order valence-electron chi connectivity index (χ3n) is 2.93. The fraction of sp³-hybridized carbons (Fsp3) is 0.0625. The van der Waals surface area contributed by atoms with E-state index in [1.54, 1.807) is 10.7 Å². The lowest BCUT2D eigenvalue weighted by atomic mass is 10.3. The van der Waals surface area contributed by atoms with Gasteiger partial charge >= 0.3 is 0 Å². The van der Waals surface area contributed by atoms with Crippen molar-refractivity contribution in [3.8, 4) is 11.4 Å². The normalized spacial score (nSPS) is 10.6. The van der Waals surface area contributed by atoms with Crippen LogP contribution in [0.1, 0.15) is 5.69 Å². The molecule has 0 saturated heterocycles. The van der Waals surface area contributed by atoms with Gasteiger partial charge in [-0.3, -0.25) is 0 Å². The Labute approximate surface area is 130 Å². The molecule has 5 heteroatoms. The first-order valence-corrected chi connectivity index (χ1v) is 7.19. The number of nitrogens with zero attached hydrogens (tertiary/aromatic N) is 2. The van der Waals surface area contributed by atoms with Gasteiger partial charge in [0.15, 0.2) is 0 Å². The molecule has 3 aromatic rings. The van der Waals surface area contributed by atoms with Crippen molar-refractivity contribution in [1.82, 2.24) is 9.78 Å². The summed E-state index contributed by atoms with van der Waals surface area (Å²) in [5.41, 5.74) is 1.76. The summed E-state index contributed by atoms with van der Waals surface area (Å²) < 4.78 is 21.3. The number of rotatable bonds is 4. The molecule has 0 amide bonds. The molecule has 0 aliphatic heterocycles. The standard InChI is InChI=1S/C16H12BrFN2O/c17-15-7-6-12(18)10-16(15)21-11-13-8-9-20(19-13)14-4-2-1-3-5-14/h1-10H,11H2. The van der Waals surface area contributed by atoms with Crippen LogP contribution in [0.5, 0.6) is 5.75 Å². The predicted octanol–water partition coefficient (Wildman–Crippen LogP) is 4.35. The highest BCUT2D eigenvalue weighted by atomic mass is 79.9. The number of hydrogen-bond donors (Lipinski definition) is 0. The Morgan fingerprint density at radius 1 is 1.10 bits per heavy atom. The van der Waals surface area contributed by atoms with E-state index in [1.807, 2.05) is 42.6 Å². The molecular weight excluding hydrogens is 335 g/mol. The van der Waals surface area contributed by atoms with Crippen LogP contribution in [0.15, 0.2) is 65.3 Å². The predicted molar refractivity (Wildman–Crippen MR) is 82.0 cm³/mol. The van der Waals surface area contributed by atoms with E-state index >= 15 is 0 Å². The fourth-order valence-corrected chi connectivity index (χ4v) is 2.26. The van der Waals surface area contributed by atoms with E-state index in [1.165, 1.54) is 12.1 Å². The summed E-state index contributed by atoms with van der Waals surface area (Å²) in [4.78, 5) is 0. The number of benzene rings is 2. The van der Waals surface area contributed by atoms with Crippen molar-refractivity contribution in [3.63, 3.8) is 0 Å². The van der Waals surface area contributed by atoms with Gasteiger partial charge in [-0.25, -0.2) is 9.07 Å². The molecule has 0 unspecified atom stereocenters. The summed E-state index contributed by atoms with van der Waals surface area (Å²) in [6.07, 6.45) is 1.87. The number of hydrogen-bond acceptors (Lipinski definition) is 2. The number of para-hydroxylation sites is 1. The SMILES string of the molecule is Fc1ccc(Br)c(OCc2ccn(-c3ccccc3)n2)c1. The number of halogens is 2. The maximum absolute atomic E-state index is 13.2. The zero-order valence-corrected chi connectivity index (χ0v) is 12.6. The second-order valence-corrected chi connectivity index (χ2v) is 5.30. The minimum Gasteiger partial charge on any atom is -0.486 e. The van der Waals surface area contributed by atoms with Gasteiger partial charge < -0.3 is 4.74 Å². The lowest BCUT2D eigenvalue weighted by Crippen LogP contribution is -2.00. The molecule has 1 aromatic heterocycles. The summed E-state index contributed by atoms with van der Waals surface area (Å²) in [5.74, 6) is 0.132. The Morgan fingerprint density at radius 2 is 1.90 bits per heavy atom. The molecule has 0 aliphatic carbocycles. The summed E-state index contributed by atoms with van der Waals surface area (Å²) in [6, 6.07) is 16.0. The van der Waals surface area contributed by atoms with Gasteiger partial charge in [0.05, 0.1) is 10.2 Å². The van der Waals surface area contributed by atoms with Crippen molar-refractivity contribution >= 4 is 15.9 Å². The van der Waals surface area contributed by atoms with Crippen LogP contribution in [0.2, 0.25) is 0 Å². The lowest BCUT2D eigenvalue weighted by Gasteiger charge is -2.06. The Morgan fingerprint density at radius 3 is 2.71 bits per heavy atom. The molecular formula is C16H12BrFN2O. The van der Waals surface area contributed by atoms with E-state index in [0.717, 1.165) is 11.4 Å². The Kier molecular flexibility index (Phi) is 4.01. The maximum Gasteiger partial charge on any atom is 0.136 e. The molecule has 106 valence electrons. The van der Waals surface area contributed by atoms with E-state index in [0.29, 0.717) is 10.2 Å². The molecule has 1 heterocycles. The second kappa shape index (κ2) is 6.10. The van der Waals surface area contributed by atoms with Gasteiger partial charge in [-0.05, 0) is 46.3 Å². The molecule has 3 nitrogen and oxygen atoms in total. The summed E-state index contributed by atoms with van der Waals surface area (Å²) >= 11 is 3.33. The average Bonchev–Trinajstić information content (AvgIpc) is 2.98. The molecule has 0 spiro atoms. The second-order valence-electron chi connectivity index (χ2n) is 4.45. The van der Waals surface area contributed by atoms with Crippen molar-refractivity contribution in [2.24, 2.45) is 0 Å². The molecule has 2 aromatic carbocycles. The van der Waals surface area contributed by atoms with Crippen molar-refractivity contribution in [2.45, 2.75) is 6.61 Å². The minimum atomic E-state index is -0.331. The minimum absolute atomic E-state index is 0.280. The Bertz CT molecular complexity index is 743. The first-order valence-electron chi connectivity index (χ1n) is 6.40. The monoisotopic (exact) mass is 346 g/mol. The van der Waals surface area contributed by atoms with Gasteiger partial charge in [0, 0.05) is 12.3 Å². The van der Waals surface area contributed by atoms with Crippen LogP contribution in [-0.4, -0.2) is 9.78 Å². The molecule has 0 N–H and O–H groups in total. The van der Waals surface area contributed by atoms with Gasteiger partial charge in [-0.1, -0.05) is 18.2 Å². The quantitative estimate of drug-likeness (QED) is 0.702. The summed E-state index contributed by atoms with van der Waals surface area (Å²) in [7, 11) is 0. The third-order valence-corrected chi connectivity index (χ3v) is 3.59. The zero-order valence-electron chi connectivity index (χ0n) is 11.0. The first-order chi connectivity index (χ1) is 10.2. The van der Waals surface area contributed by atoms with Crippen LogP contribution in [0.4, 0.5) is 4.39 Å². The van der Waals surface area contributed by atoms with Crippen molar-refractivity contribution in [3.05, 3.63) is 76.8 Å². The largest absolute Gasteiger partial charge is 0.486 e. The molecule has 0 atom stereocenters. The first kappa shape index (κ1) is 13.8. The summed E-state index contributed by atoms with van der Waals surface area (Å²) in [5, 5.41) is 4.43. The van der Waals surface area contributed by atoms with Gasteiger partial charge in [-0.15, -0.1) is 0 Å². The molecule has 0 fully saturated rings. The molecule has 21 heavy (non-hydrogen) atoms. The highest BCUT2D eigenvalue weighted by molar-refractivity contribution is 9.10. The Hall–Kier alpha value is -2.14. The van der Waals surface area contributed by atoms with Crippen LogP contribution in [0.3, 0.4) is 0 Å². The average molecular weight is 347 g/mol. The van der Waals surface area contributed by atoms with Gasteiger partial charge in [0.1, 0.15) is 23.9 Å². The smallest absolute Gasteiger partial charge is 0.136 e. The molecule has 3 rings (SSSR count). The molecule has 0 bridgehead atoms. The van der Waals surface area contributed by atoms with Crippen molar-refractivity contribution in [1.29, 1.82) is 0 Å². The maximum atomic E-state index is 13.2. The van der Waals surface area contributed by atoms with E-state index in [2.05, 4.69) is 21.0 Å². The van der Waals surface area contributed by atoms with Crippen molar-refractivity contribution in [2.75, 3.05) is 0 Å². The van der Waals surface area contributed by atoms with E-state index in [4.69, 9.17) is 4.74 Å². The lowest BCUT2D eigenvalue weighted by molar-refractivity contribution is 0.297. The van der Waals surface area contributed by atoms with Crippen molar-refractivity contribution < 1.29 is 9.13 Å². The van der Waals surface area contributed by atoms with Crippen LogP contribution in [-0.2, 0) is 6.61 Å². The number of aromatic nitrogens is 2. The van der Waals surface area contributed by atoms with Gasteiger partial charge in [0.2, 0.25) is 0 Å². The van der Waals surface area contributed by atoms with Crippen LogP contribution in [0, 0.1) is 5.82 Å². The highest BCUT2D eigenvalue weighted by Gasteiger charge is 2.06. The van der Waals surface area contributed by atoms with Crippen LogP contribution >= 0.6 is 15.9 Å². The van der Waals surface area contributed by atoms with Crippen LogP contribution in [0.25, 0.3) is 5.69 Å². The third kappa shape index (κ3) is 3.31. The summed E-state index contributed by atoms with van der Waals surface area (Å²) in [6.45, 7) is 0.280. The van der Waals surface area contributed by atoms with Gasteiger partial charge in [-0.2, -0.15) is 5.10 Å². The van der Waals surface area contributed by atoms with E-state index in [-0.39, 0.29) is 12.4 Å². The van der Waals surface area contributed by atoms with E-state index < -0.39 is 0 Å². The zero-order chi connectivity index (χ0) is 14.7. The fourth-order valence-electron chi connectivity index (χ4n) is 1.90. The number of ether oxygens (including phenoxy) is 1. The molecule has 0 radical (unpaired) electrons. The Balaban J connectivity index is 1.72. The topological polar surface area (TPSA) is 27.1 Å². The highest BCUT2D eigenvalue weighted by Crippen LogP contribution is 2.26. The van der Waals surface area contributed by atoms with E-state index in [9.17, 15) is 4.39 Å². The van der Waals surface area contributed by atoms with Crippen LogP contribution < -0.4 is 4.74 Å².